The molecule has 0 radical (unpaired) electrons. The van der Waals surface area contributed by atoms with Gasteiger partial charge in [0.05, 0.1) is 11.0 Å². The highest BCUT2D eigenvalue weighted by Crippen LogP contribution is 2.38. The third kappa shape index (κ3) is 4.73. The molecule has 0 unspecified atom stereocenters. The Labute approximate surface area is 287 Å². The minimum absolute atomic E-state index is 0.757. The summed E-state index contributed by atoms with van der Waals surface area (Å²) in [6.07, 6.45) is 8.98. The Kier molecular flexibility index (Phi) is 6.46. The molecule has 4 nitrogen and oxygen atoms in total. The Morgan fingerprint density at radius 3 is 2.16 bits per heavy atom. The van der Waals surface area contributed by atoms with E-state index in [1.165, 1.54) is 39.0 Å². The number of para-hydroxylation sites is 2. The molecule has 0 spiro atoms. The highest BCUT2D eigenvalue weighted by Gasteiger charge is 2.16. The summed E-state index contributed by atoms with van der Waals surface area (Å²) < 4.78 is 13.4. The molecule has 6 aromatic carbocycles. The summed E-state index contributed by atoms with van der Waals surface area (Å²) >= 11 is 1.44. The second kappa shape index (κ2) is 11.3. The molecule has 3 heterocycles. The fourth-order valence-electron chi connectivity index (χ4n) is 7.21. The van der Waals surface area contributed by atoms with E-state index < -0.39 is 0 Å². The first kappa shape index (κ1) is 28.0. The van der Waals surface area contributed by atoms with Crippen LogP contribution in [0.2, 0.25) is 0 Å². The lowest BCUT2D eigenvalue weighted by Gasteiger charge is -2.10. The van der Waals surface area contributed by atoms with Crippen molar-refractivity contribution in [1.29, 1.82) is 0 Å². The molecule has 49 heavy (non-hydrogen) atoms. The van der Waals surface area contributed by atoms with E-state index in [2.05, 4.69) is 144 Å². The Morgan fingerprint density at radius 2 is 1.29 bits per heavy atom. The molecule has 5 heteroatoms. The van der Waals surface area contributed by atoms with Gasteiger partial charge in [-0.05, 0) is 89.1 Å². The van der Waals surface area contributed by atoms with Crippen molar-refractivity contribution in [3.63, 3.8) is 0 Å². The molecule has 0 fully saturated rings. The van der Waals surface area contributed by atoms with E-state index in [9.17, 15) is 0 Å². The van der Waals surface area contributed by atoms with Gasteiger partial charge in [0.25, 0.3) is 0 Å². The van der Waals surface area contributed by atoms with Crippen molar-refractivity contribution < 1.29 is 4.42 Å². The summed E-state index contributed by atoms with van der Waals surface area (Å²) in [6, 6.07) is 47.4. The molecule has 1 aliphatic carbocycles. The minimum Gasteiger partial charge on any atom is -0.456 e. The predicted molar refractivity (Wildman–Crippen MR) is 204 cm³/mol. The third-order valence-electron chi connectivity index (χ3n) is 9.63. The van der Waals surface area contributed by atoms with Gasteiger partial charge >= 0.3 is 0 Å². The fourth-order valence-corrected chi connectivity index (χ4v) is 7.89. The van der Waals surface area contributed by atoms with E-state index in [0.717, 1.165) is 79.1 Å². The van der Waals surface area contributed by atoms with Crippen molar-refractivity contribution in [3.8, 4) is 38.8 Å². The average Bonchev–Trinajstić information content (AvgIpc) is 3.89. The van der Waals surface area contributed by atoms with Gasteiger partial charge in [0.1, 0.15) is 16.2 Å². The zero-order valence-corrected chi connectivity index (χ0v) is 27.3. The van der Waals surface area contributed by atoms with Crippen LogP contribution in [0.5, 0.6) is 0 Å². The number of allylic oxidation sites excluding steroid dienone is 4. The van der Waals surface area contributed by atoms with Crippen LogP contribution in [0, 0.1) is 0 Å². The van der Waals surface area contributed by atoms with Crippen molar-refractivity contribution >= 4 is 60.8 Å². The predicted octanol–water partition coefficient (Wildman–Crippen LogP) is 12.3. The van der Waals surface area contributed by atoms with E-state index in [4.69, 9.17) is 13.8 Å². The van der Waals surface area contributed by atoms with Gasteiger partial charge in [-0.3, -0.25) is 0 Å². The third-order valence-corrected chi connectivity index (χ3v) is 10.4. The van der Waals surface area contributed by atoms with Crippen LogP contribution in [0.15, 0.2) is 156 Å². The highest BCUT2D eigenvalue weighted by atomic mass is 32.1. The lowest BCUT2D eigenvalue weighted by molar-refractivity contribution is 0.669. The Balaban J connectivity index is 1.04. The van der Waals surface area contributed by atoms with E-state index in [0.29, 0.717) is 0 Å². The van der Waals surface area contributed by atoms with Gasteiger partial charge in [0.15, 0.2) is 5.82 Å². The molecular weight excluding hydrogens is 619 g/mol. The van der Waals surface area contributed by atoms with Crippen LogP contribution in [0.3, 0.4) is 0 Å². The molecular formula is C44H29N3OS. The number of furan rings is 1. The van der Waals surface area contributed by atoms with Gasteiger partial charge in [-0.1, -0.05) is 109 Å². The Hall–Kier alpha value is -6.04. The lowest BCUT2D eigenvalue weighted by atomic mass is 9.98. The van der Waals surface area contributed by atoms with Crippen LogP contribution in [0.1, 0.15) is 18.4 Å². The second-order valence-electron chi connectivity index (χ2n) is 12.6. The molecule has 232 valence electrons. The van der Waals surface area contributed by atoms with Crippen LogP contribution >= 0.6 is 11.5 Å². The molecule has 0 bridgehead atoms. The summed E-state index contributed by atoms with van der Waals surface area (Å²) in [5, 5.41) is 5.63. The molecule has 0 saturated heterocycles. The minimum atomic E-state index is 0.757. The molecule has 10 rings (SSSR count). The maximum atomic E-state index is 6.24. The number of hydrogen-bond donors (Lipinski definition) is 0. The van der Waals surface area contributed by atoms with E-state index in [1.807, 2.05) is 12.1 Å². The van der Waals surface area contributed by atoms with E-state index in [-0.39, 0.29) is 0 Å². The molecule has 0 aliphatic heterocycles. The standard InChI is InChI=1S/C44H29N3OS/c1-2-9-28(10-3-1)29-17-19-30(20-18-29)43-45-44(49-46-43)33-11-8-12-34(25-33)47-39-15-6-4-13-35(39)36-23-21-31(26-40(36)47)32-22-24-38-37-14-5-7-16-41(37)48-42(38)27-32/h2,4-27H,1,3H2. The number of rotatable bonds is 5. The van der Waals surface area contributed by atoms with Gasteiger partial charge in [-0.2, -0.15) is 4.37 Å². The van der Waals surface area contributed by atoms with E-state index >= 15 is 0 Å². The largest absolute Gasteiger partial charge is 0.456 e. The highest BCUT2D eigenvalue weighted by molar-refractivity contribution is 7.09. The average molecular weight is 648 g/mol. The van der Waals surface area contributed by atoms with Crippen molar-refractivity contribution in [2.24, 2.45) is 0 Å². The van der Waals surface area contributed by atoms with Crippen LogP contribution in [-0.2, 0) is 0 Å². The molecule has 3 aromatic heterocycles. The number of nitrogens with zero attached hydrogens (tertiary/aromatic N) is 3. The first-order valence-electron chi connectivity index (χ1n) is 16.6. The lowest BCUT2D eigenvalue weighted by Crippen LogP contribution is -1.94. The van der Waals surface area contributed by atoms with Crippen LogP contribution in [-0.4, -0.2) is 13.9 Å². The topological polar surface area (TPSA) is 43.9 Å². The van der Waals surface area contributed by atoms with Crippen LogP contribution < -0.4 is 0 Å². The van der Waals surface area contributed by atoms with Crippen molar-refractivity contribution in [1.82, 2.24) is 13.9 Å². The fraction of sp³-hybridized carbons (Fsp3) is 0.0455. The van der Waals surface area contributed by atoms with Crippen LogP contribution in [0.25, 0.3) is 88.1 Å². The molecule has 0 N–H and O–H groups in total. The summed E-state index contributed by atoms with van der Waals surface area (Å²) in [7, 11) is 0. The first-order valence-corrected chi connectivity index (χ1v) is 17.4. The van der Waals surface area contributed by atoms with Gasteiger partial charge in [-0.25, -0.2) is 4.98 Å². The number of hydrogen-bond acceptors (Lipinski definition) is 4. The number of benzene rings is 6. The smallest absolute Gasteiger partial charge is 0.173 e. The zero-order valence-electron chi connectivity index (χ0n) is 26.5. The molecule has 9 aromatic rings. The molecule has 0 amide bonds. The monoisotopic (exact) mass is 647 g/mol. The quantitative estimate of drug-likeness (QED) is 0.187. The summed E-state index contributed by atoms with van der Waals surface area (Å²) in [4.78, 5) is 4.99. The molecule has 0 saturated carbocycles. The van der Waals surface area contributed by atoms with Crippen molar-refractivity contribution in [2.75, 3.05) is 0 Å². The SMILES string of the molecule is C1=CC(c2ccc(-c3nsc(-c4cccc(-n5c6ccccc6c6ccc(-c7ccc8c(c7)oc7ccccc78)cc65)c4)n3)cc2)=CCC1. The van der Waals surface area contributed by atoms with Gasteiger partial charge < -0.3 is 8.98 Å². The maximum Gasteiger partial charge on any atom is 0.173 e. The van der Waals surface area contributed by atoms with Gasteiger partial charge in [-0.15, -0.1) is 0 Å². The van der Waals surface area contributed by atoms with Gasteiger partial charge in [0, 0.05) is 38.4 Å². The summed E-state index contributed by atoms with van der Waals surface area (Å²) in [5.74, 6) is 0.757. The first-order chi connectivity index (χ1) is 24.3. The Bertz CT molecular complexity index is 2780. The van der Waals surface area contributed by atoms with E-state index in [1.54, 1.807) is 0 Å². The normalized spacial score (nSPS) is 13.2. The van der Waals surface area contributed by atoms with Crippen LogP contribution in [0.4, 0.5) is 0 Å². The van der Waals surface area contributed by atoms with Crippen molar-refractivity contribution in [2.45, 2.75) is 12.8 Å². The summed E-state index contributed by atoms with van der Waals surface area (Å²) in [6.45, 7) is 0. The Morgan fingerprint density at radius 1 is 0.551 bits per heavy atom. The number of aromatic nitrogens is 3. The number of fused-ring (bicyclic) bond motifs is 6. The summed E-state index contributed by atoms with van der Waals surface area (Å²) in [5.41, 5.74) is 12.1. The van der Waals surface area contributed by atoms with Crippen molar-refractivity contribution in [3.05, 3.63) is 157 Å². The maximum absolute atomic E-state index is 6.24. The molecule has 0 atom stereocenters. The zero-order chi connectivity index (χ0) is 32.3. The molecule has 1 aliphatic rings. The second-order valence-corrected chi connectivity index (χ2v) is 13.3. The van der Waals surface area contributed by atoms with Gasteiger partial charge in [0.2, 0.25) is 0 Å².